The smallest absolute Gasteiger partial charge is 0.00259 e. The highest BCUT2D eigenvalue weighted by Gasteiger charge is 2.29. The van der Waals surface area contributed by atoms with Gasteiger partial charge in [0.15, 0.2) is 0 Å². The first-order chi connectivity index (χ1) is 6.68. The van der Waals surface area contributed by atoms with E-state index in [1.807, 2.05) is 0 Å². The van der Waals surface area contributed by atoms with E-state index in [-0.39, 0.29) is 0 Å². The molecule has 3 atom stereocenters. The molecule has 1 saturated carbocycles. The van der Waals surface area contributed by atoms with E-state index >= 15 is 0 Å². The van der Waals surface area contributed by atoms with E-state index in [2.05, 4.69) is 26.5 Å². The molecule has 2 aliphatic rings. The molecular formula is C14H22. The van der Waals surface area contributed by atoms with Gasteiger partial charge in [-0.05, 0) is 56.8 Å². The summed E-state index contributed by atoms with van der Waals surface area (Å²) in [6, 6.07) is 0. The fraction of sp³-hybridized carbons (Fsp3) is 0.714. The van der Waals surface area contributed by atoms with Crippen LogP contribution in [0.2, 0.25) is 0 Å². The SMILES string of the molecule is C=C(C)[C@H]1C=C2CCC[C@@H]2[C@H](C)CC1. The fourth-order valence-electron chi connectivity index (χ4n) is 3.13. The van der Waals surface area contributed by atoms with Crippen molar-refractivity contribution >= 4 is 0 Å². The molecule has 14 heavy (non-hydrogen) atoms. The third-order valence-electron chi connectivity index (χ3n) is 4.12. The first-order valence-electron chi connectivity index (χ1n) is 6.04. The van der Waals surface area contributed by atoms with E-state index in [0.717, 1.165) is 11.8 Å². The number of hydrogen-bond donors (Lipinski definition) is 0. The summed E-state index contributed by atoms with van der Waals surface area (Å²) in [5, 5.41) is 0. The van der Waals surface area contributed by atoms with Gasteiger partial charge in [-0.15, -0.1) is 0 Å². The summed E-state index contributed by atoms with van der Waals surface area (Å²) in [5.41, 5.74) is 3.11. The highest BCUT2D eigenvalue weighted by atomic mass is 14.3. The lowest BCUT2D eigenvalue weighted by Crippen LogP contribution is -2.07. The molecule has 2 rings (SSSR count). The number of allylic oxidation sites excluding steroid dienone is 3. The molecule has 0 unspecified atom stereocenters. The monoisotopic (exact) mass is 190 g/mol. The van der Waals surface area contributed by atoms with Crippen LogP contribution in [0.5, 0.6) is 0 Å². The minimum Gasteiger partial charge on any atom is -0.0995 e. The third-order valence-corrected chi connectivity index (χ3v) is 4.12. The van der Waals surface area contributed by atoms with Gasteiger partial charge in [0.05, 0.1) is 0 Å². The molecular weight excluding hydrogens is 168 g/mol. The van der Waals surface area contributed by atoms with Crippen LogP contribution in [0, 0.1) is 17.8 Å². The molecule has 0 bridgehead atoms. The maximum absolute atomic E-state index is 4.12. The van der Waals surface area contributed by atoms with Gasteiger partial charge in [0.25, 0.3) is 0 Å². The molecule has 0 spiro atoms. The number of hydrogen-bond acceptors (Lipinski definition) is 0. The average Bonchev–Trinajstić information content (AvgIpc) is 2.53. The normalized spacial score (nSPS) is 37.3. The Bertz CT molecular complexity index is 259. The Morgan fingerprint density at radius 1 is 1.36 bits per heavy atom. The second-order valence-corrected chi connectivity index (χ2v) is 5.25. The van der Waals surface area contributed by atoms with Crippen LogP contribution < -0.4 is 0 Å². The van der Waals surface area contributed by atoms with E-state index < -0.39 is 0 Å². The topological polar surface area (TPSA) is 0 Å². The zero-order chi connectivity index (χ0) is 10.1. The van der Waals surface area contributed by atoms with Crippen LogP contribution in [0.4, 0.5) is 0 Å². The number of fused-ring (bicyclic) bond motifs is 1. The van der Waals surface area contributed by atoms with Gasteiger partial charge in [0.1, 0.15) is 0 Å². The Labute approximate surface area is 88.1 Å². The van der Waals surface area contributed by atoms with Crippen LogP contribution in [0.15, 0.2) is 23.8 Å². The molecule has 0 saturated heterocycles. The van der Waals surface area contributed by atoms with Gasteiger partial charge in [-0.3, -0.25) is 0 Å². The molecule has 0 aromatic rings. The Hall–Kier alpha value is -0.520. The second kappa shape index (κ2) is 3.92. The van der Waals surface area contributed by atoms with E-state index in [1.165, 1.54) is 37.7 Å². The predicted octanol–water partition coefficient (Wildman–Crippen LogP) is 4.34. The van der Waals surface area contributed by atoms with Gasteiger partial charge in [0.2, 0.25) is 0 Å². The minimum absolute atomic E-state index is 0.676. The van der Waals surface area contributed by atoms with Crippen molar-refractivity contribution in [3.63, 3.8) is 0 Å². The standard InChI is InChI=1S/C14H22/c1-10(2)12-8-7-11(3)14-6-4-5-13(14)9-12/h9,11-12,14H,1,4-8H2,2-3H3/t11-,12-,14-/m1/s1. The van der Waals surface area contributed by atoms with Gasteiger partial charge in [-0.2, -0.15) is 0 Å². The van der Waals surface area contributed by atoms with Crippen molar-refractivity contribution in [3.8, 4) is 0 Å². The van der Waals surface area contributed by atoms with E-state index in [0.29, 0.717) is 5.92 Å². The van der Waals surface area contributed by atoms with Gasteiger partial charge in [0, 0.05) is 0 Å². The Morgan fingerprint density at radius 3 is 2.86 bits per heavy atom. The second-order valence-electron chi connectivity index (χ2n) is 5.25. The summed E-state index contributed by atoms with van der Waals surface area (Å²) in [6.45, 7) is 8.73. The van der Waals surface area contributed by atoms with Crippen molar-refractivity contribution in [2.24, 2.45) is 17.8 Å². The van der Waals surface area contributed by atoms with Crippen LogP contribution in [0.25, 0.3) is 0 Å². The highest BCUT2D eigenvalue weighted by Crippen LogP contribution is 2.42. The van der Waals surface area contributed by atoms with Gasteiger partial charge >= 0.3 is 0 Å². The molecule has 0 aliphatic heterocycles. The van der Waals surface area contributed by atoms with Crippen LogP contribution in [-0.4, -0.2) is 0 Å². The summed E-state index contributed by atoms with van der Waals surface area (Å²) in [5.74, 6) is 2.50. The third kappa shape index (κ3) is 1.80. The molecule has 0 N–H and O–H groups in total. The quantitative estimate of drug-likeness (QED) is 0.540. The lowest BCUT2D eigenvalue weighted by atomic mass is 9.88. The van der Waals surface area contributed by atoms with Crippen molar-refractivity contribution in [2.45, 2.75) is 46.0 Å². The summed E-state index contributed by atoms with van der Waals surface area (Å²) in [7, 11) is 0. The molecule has 0 heteroatoms. The molecule has 1 fully saturated rings. The van der Waals surface area contributed by atoms with Gasteiger partial charge in [-0.1, -0.05) is 30.7 Å². The minimum atomic E-state index is 0.676. The van der Waals surface area contributed by atoms with Gasteiger partial charge in [-0.25, -0.2) is 0 Å². The highest BCUT2D eigenvalue weighted by molar-refractivity contribution is 5.20. The summed E-state index contributed by atoms with van der Waals surface area (Å²) in [4.78, 5) is 0. The van der Waals surface area contributed by atoms with E-state index in [4.69, 9.17) is 0 Å². The zero-order valence-corrected chi connectivity index (χ0v) is 9.55. The maximum Gasteiger partial charge on any atom is -0.00259 e. The lowest BCUT2D eigenvalue weighted by molar-refractivity contribution is 0.384. The largest absolute Gasteiger partial charge is 0.0995 e. The lowest BCUT2D eigenvalue weighted by Gasteiger charge is -2.17. The summed E-state index contributed by atoms with van der Waals surface area (Å²) in [6.07, 6.45) is 9.49. The Morgan fingerprint density at radius 2 is 2.14 bits per heavy atom. The average molecular weight is 190 g/mol. The molecule has 0 amide bonds. The van der Waals surface area contributed by atoms with Crippen molar-refractivity contribution in [3.05, 3.63) is 23.8 Å². The first kappa shape index (κ1) is 10.0. The number of rotatable bonds is 1. The predicted molar refractivity (Wildman–Crippen MR) is 62.1 cm³/mol. The molecule has 0 nitrogen and oxygen atoms in total. The van der Waals surface area contributed by atoms with E-state index in [9.17, 15) is 0 Å². The van der Waals surface area contributed by atoms with Gasteiger partial charge < -0.3 is 0 Å². The summed E-state index contributed by atoms with van der Waals surface area (Å²) < 4.78 is 0. The molecule has 2 aliphatic carbocycles. The van der Waals surface area contributed by atoms with Crippen molar-refractivity contribution in [2.75, 3.05) is 0 Å². The van der Waals surface area contributed by atoms with E-state index in [1.54, 1.807) is 5.57 Å². The van der Waals surface area contributed by atoms with Crippen LogP contribution in [0.3, 0.4) is 0 Å². The van der Waals surface area contributed by atoms with Crippen molar-refractivity contribution < 1.29 is 0 Å². The molecule has 0 radical (unpaired) electrons. The Balaban J connectivity index is 2.21. The summed E-state index contributed by atoms with van der Waals surface area (Å²) >= 11 is 0. The van der Waals surface area contributed by atoms with Crippen molar-refractivity contribution in [1.82, 2.24) is 0 Å². The molecule has 78 valence electrons. The fourth-order valence-corrected chi connectivity index (χ4v) is 3.13. The van der Waals surface area contributed by atoms with Crippen LogP contribution >= 0.6 is 0 Å². The Kier molecular flexibility index (Phi) is 2.80. The van der Waals surface area contributed by atoms with Crippen molar-refractivity contribution in [1.29, 1.82) is 0 Å². The maximum atomic E-state index is 4.12. The first-order valence-corrected chi connectivity index (χ1v) is 6.04. The molecule has 0 aromatic carbocycles. The molecule has 0 heterocycles. The molecule has 0 aromatic heterocycles. The zero-order valence-electron chi connectivity index (χ0n) is 9.55. The van der Waals surface area contributed by atoms with Crippen LogP contribution in [-0.2, 0) is 0 Å². The van der Waals surface area contributed by atoms with Crippen LogP contribution in [0.1, 0.15) is 46.0 Å².